The number of hydrogen-bond donors (Lipinski definition) is 4. The molecule has 0 radical (unpaired) electrons. The number of anilines is 4. The maximum Gasteiger partial charge on any atom is 0.254 e. The molecular weight excluding hydrogens is 382 g/mol. The lowest BCUT2D eigenvalue weighted by Gasteiger charge is -2.19. The predicted molar refractivity (Wildman–Crippen MR) is 117 cm³/mol. The number of rotatable bonds is 8. The molecule has 0 saturated carbocycles. The lowest BCUT2D eigenvalue weighted by atomic mass is 10.1. The Morgan fingerprint density at radius 3 is 3.03 bits per heavy atom. The van der Waals surface area contributed by atoms with E-state index in [1.54, 1.807) is 7.11 Å². The molecular formula is C21H29N7O2. The Hall–Kier alpha value is -2.91. The molecule has 30 heavy (non-hydrogen) atoms. The first kappa shape index (κ1) is 20.4. The van der Waals surface area contributed by atoms with Gasteiger partial charge in [-0.1, -0.05) is 6.07 Å². The smallest absolute Gasteiger partial charge is 0.254 e. The number of nitrogens with zero attached hydrogens (tertiary/aromatic N) is 3. The van der Waals surface area contributed by atoms with Crippen molar-refractivity contribution in [2.24, 2.45) is 11.5 Å². The highest BCUT2D eigenvalue weighted by atomic mass is 16.5. The Kier molecular flexibility index (Phi) is 5.74. The van der Waals surface area contributed by atoms with Crippen LogP contribution in [0, 0.1) is 0 Å². The maximum atomic E-state index is 11.9. The van der Waals surface area contributed by atoms with E-state index in [0.717, 1.165) is 18.7 Å². The quantitative estimate of drug-likeness (QED) is 0.515. The fourth-order valence-electron chi connectivity index (χ4n) is 4.20. The molecule has 1 saturated heterocycles. The Balaban J connectivity index is 1.58. The molecule has 1 amide bonds. The van der Waals surface area contributed by atoms with Gasteiger partial charge in [-0.25, -0.2) is 4.98 Å². The number of carbonyl (C=O) groups is 1. The van der Waals surface area contributed by atoms with Crippen LogP contribution in [0.2, 0.25) is 0 Å². The molecule has 1 fully saturated rings. The van der Waals surface area contributed by atoms with Crippen LogP contribution in [0.1, 0.15) is 35.7 Å². The molecule has 9 nitrogen and oxygen atoms in total. The van der Waals surface area contributed by atoms with Gasteiger partial charge >= 0.3 is 0 Å². The van der Waals surface area contributed by atoms with Gasteiger partial charge in [-0.05, 0) is 38.3 Å². The van der Waals surface area contributed by atoms with Gasteiger partial charge in [0.2, 0.25) is 5.95 Å². The van der Waals surface area contributed by atoms with Crippen molar-refractivity contribution in [3.8, 4) is 0 Å². The third-order valence-electron chi connectivity index (χ3n) is 6.06. The molecule has 4 rings (SSSR count). The van der Waals surface area contributed by atoms with Crippen LogP contribution >= 0.6 is 0 Å². The number of hydrogen-bond acceptors (Lipinski definition) is 8. The summed E-state index contributed by atoms with van der Waals surface area (Å²) in [6.07, 6.45) is 4.76. The Bertz CT molecular complexity index is 936. The zero-order valence-electron chi connectivity index (χ0n) is 17.4. The molecule has 0 bridgehead atoms. The standard InChI is InChI=1S/C21H29N7O2/c1-12(30-2)16(22)11-25-21-24-10-15(19(23)29)20(27-21)26-17-6-3-7-18-14(17)9-13-5-4-8-28(13)18/h3,6-7,10,12-13,16H,4-5,8-9,11,22H2,1-2H3,(H2,23,29)(H2,24,25,26,27)/t12-,13?,16-/m1/s1. The van der Waals surface area contributed by atoms with Gasteiger partial charge in [-0.15, -0.1) is 0 Å². The fraction of sp³-hybridized carbons (Fsp3) is 0.476. The van der Waals surface area contributed by atoms with E-state index in [4.69, 9.17) is 16.2 Å². The van der Waals surface area contributed by atoms with Crippen molar-refractivity contribution < 1.29 is 9.53 Å². The van der Waals surface area contributed by atoms with E-state index in [2.05, 4.69) is 31.6 Å². The van der Waals surface area contributed by atoms with Gasteiger partial charge in [-0.2, -0.15) is 4.98 Å². The molecule has 2 aliphatic heterocycles. The minimum Gasteiger partial charge on any atom is -0.380 e. The van der Waals surface area contributed by atoms with Gasteiger partial charge in [0.15, 0.2) is 0 Å². The van der Waals surface area contributed by atoms with E-state index >= 15 is 0 Å². The van der Waals surface area contributed by atoms with Crippen LogP contribution in [0.4, 0.5) is 23.1 Å². The van der Waals surface area contributed by atoms with Gasteiger partial charge in [0, 0.05) is 55.4 Å². The average Bonchev–Trinajstić information content (AvgIpc) is 3.33. The Morgan fingerprint density at radius 2 is 2.27 bits per heavy atom. The minimum atomic E-state index is -0.582. The van der Waals surface area contributed by atoms with Crippen LogP contribution in [-0.2, 0) is 11.2 Å². The molecule has 1 aromatic heterocycles. The predicted octanol–water partition coefficient (Wildman–Crippen LogP) is 1.62. The van der Waals surface area contributed by atoms with Crippen LogP contribution in [0.25, 0.3) is 0 Å². The minimum absolute atomic E-state index is 0.110. The van der Waals surface area contributed by atoms with Crippen molar-refractivity contribution in [2.45, 2.75) is 44.4 Å². The Labute approximate surface area is 176 Å². The molecule has 3 heterocycles. The van der Waals surface area contributed by atoms with Gasteiger partial charge in [-0.3, -0.25) is 4.79 Å². The first-order valence-corrected chi connectivity index (χ1v) is 10.3. The summed E-state index contributed by atoms with van der Waals surface area (Å²) < 4.78 is 5.24. The summed E-state index contributed by atoms with van der Waals surface area (Å²) >= 11 is 0. The zero-order valence-corrected chi connectivity index (χ0v) is 17.4. The highest BCUT2D eigenvalue weighted by molar-refractivity contribution is 5.98. The summed E-state index contributed by atoms with van der Waals surface area (Å²) in [6.45, 7) is 3.43. The first-order valence-electron chi connectivity index (χ1n) is 10.3. The van der Waals surface area contributed by atoms with Crippen molar-refractivity contribution >= 4 is 29.0 Å². The van der Waals surface area contributed by atoms with Crippen LogP contribution in [0.5, 0.6) is 0 Å². The van der Waals surface area contributed by atoms with Crippen molar-refractivity contribution in [3.05, 3.63) is 35.5 Å². The number of carbonyl (C=O) groups excluding carboxylic acids is 1. The lowest BCUT2D eigenvalue weighted by molar-refractivity contribution is 0.0989. The first-order chi connectivity index (χ1) is 14.5. The molecule has 3 atom stereocenters. The highest BCUT2D eigenvalue weighted by Crippen LogP contribution is 2.42. The number of methoxy groups -OCH3 is 1. The SMILES string of the molecule is CO[C@H](C)[C@H](N)CNc1ncc(C(N)=O)c(Nc2cccc3c2CC2CCCN32)n1. The van der Waals surface area contributed by atoms with Gasteiger partial charge in [0.1, 0.15) is 11.4 Å². The molecule has 160 valence electrons. The monoisotopic (exact) mass is 411 g/mol. The zero-order chi connectivity index (χ0) is 21.3. The van der Waals surface area contributed by atoms with Crippen molar-refractivity contribution in [3.63, 3.8) is 0 Å². The molecule has 9 heteroatoms. The number of primary amides is 1. The molecule has 2 aromatic rings. The average molecular weight is 412 g/mol. The summed E-state index contributed by atoms with van der Waals surface area (Å²) in [5.74, 6) is 0.172. The van der Waals surface area contributed by atoms with Crippen LogP contribution in [-0.4, -0.2) is 54.3 Å². The lowest BCUT2D eigenvalue weighted by Crippen LogP contribution is -2.40. The van der Waals surface area contributed by atoms with Gasteiger partial charge < -0.3 is 31.7 Å². The maximum absolute atomic E-state index is 11.9. The molecule has 0 spiro atoms. The number of nitrogens with two attached hydrogens (primary N) is 2. The van der Waals surface area contributed by atoms with Gasteiger partial charge in [0.25, 0.3) is 5.91 Å². The number of benzene rings is 1. The summed E-state index contributed by atoms with van der Waals surface area (Å²) in [6, 6.07) is 6.53. The fourth-order valence-corrected chi connectivity index (χ4v) is 4.20. The number of amides is 1. The van der Waals surface area contributed by atoms with Crippen LogP contribution in [0.15, 0.2) is 24.4 Å². The van der Waals surface area contributed by atoms with E-state index in [1.807, 2.05) is 19.1 Å². The van der Waals surface area contributed by atoms with Crippen molar-refractivity contribution in [1.29, 1.82) is 0 Å². The van der Waals surface area contributed by atoms with E-state index in [-0.39, 0.29) is 17.7 Å². The van der Waals surface area contributed by atoms with Crippen LogP contribution in [0.3, 0.4) is 0 Å². The Morgan fingerprint density at radius 1 is 1.43 bits per heavy atom. The number of aromatic nitrogens is 2. The molecule has 6 N–H and O–H groups in total. The number of nitrogens with one attached hydrogen (secondary N) is 2. The van der Waals surface area contributed by atoms with E-state index in [9.17, 15) is 4.79 Å². The van der Waals surface area contributed by atoms with E-state index in [1.165, 1.54) is 30.3 Å². The normalized spacial score (nSPS) is 19.2. The van der Waals surface area contributed by atoms with Crippen molar-refractivity contribution in [1.82, 2.24) is 9.97 Å². The molecule has 0 aliphatic carbocycles. The molecule has 1 aromatic carbocycles. The molecule has 2 aliphatic rings. The number of fused-ring (bicyclic) bond motifs is 3. The van der Waals surface area contributed by atoms with E-state index in [0.29, 0.717) is 24.4 Å². The summed E-state index contributed by atoms with van der Waals surface area (Å²) in [7, 11) is 1.62. The van der Waals surface area contributed by atoms with Gasteiger partial charge in [0.05, 0.1) is 6.10 Å². The second-order valence-corrected chi connectivity index (χ2v) is 7.93. The third-order valence-corrected chi connectivity index (χ3v) is 6.06. The third kappa shape index (κ3) is 3.90. The van der Waals surface area contributed by atoms with Crippen molar-refractivity contribution in [2.75, 3.05) is 35.7 Å². The molecule has 1 unspecified atom stereocenters. The number of ether oxygens (including phenoxy) is 1. The highest BCUT2D eigenvalue weighted by Gasteiger charge is 2.34. The summed E-state index contributed by atoms with van der Waals surface area (Å²) in [4.78, 5) is 23.1. The second kappa shape index (κ2) is 8.45. The topological polar surface area (TPSA) is 131 Å². The van der Waals surface area contributed by atoms with Crippen LogP contribution < -0.4 is 27.0 Å². The summed E-state index contributed by atoms with van der Waals surface area (Å²) in [5, 5.41) is 6.44. The largest absolute Gasteiger partial charge is 0.380 e. The van der Waals surface area contributed by atoms with E-state index < -0.39 is 5.91 Å². The second-order valence-electron chi connectivity index (χ2n) is 7.93. The summed E-state index contributed by atoms with van der Waals surface area (Å²) in [5.41, 5.74) is 15.3.